The van der Waals surface area contributed by atoms with E-state index in [0.29, 0.717) is 27.6 Å². The van der Waals surface area contributed by atoms with Crippen molar-refractivity contribution in [3.8, 4) is 6.07 Å². The van der Waals surface area contributed by atoms with Crippen molar-refractivity contribution in [3.63, 3.8) is 0 Å². The molecular formula is C12H10BrCl2N. The van der Waals surface area contributed by atoms with Gasteiger partial charge in [0.25, 0.3) is 0 Å². The summed E-state index contributed by atoms with van der Waals surface area (Å²) in [5, 5.41) is 9.98. The third-order valence-electron chi connectivity index (χ3n) is 2.09. The van der Waals surface area contributed by atoms with E-state index in [9.17, 15) is 0 Å². The third-order valence-corrected chi connectivity index (χ3v) is 3.82. The molecule has 0 aliphatic rings. The Labute approximate surface area is 114 Å². The van der Waals surface area contributed by atoms with Crippen molar-refractivity contribution in [3.05, 3.63) is 38.8 Å². The summed E-state index contributed by atoms with van der Waals surface area (Å²) in [6.07, 6.45) is 1.54. The van der Waals surface area contributed by atoms with Crippen molar-refractivity contribution < 1.29 is 0 Å². The van der Waals surface area contributed by atoms with Gasteiger partial charge in [-0.05, 0) is 28.4 Å². The van der Waals surface area contributed by atoms with E-state index in [4.69, 9.17) is 28.5 Å². The molecule has 0 radical (unpaired) electrons. The Bertz CT molecular complexity index is 461. The van der Waals surface area contributed by atoms with Crippen LogP contribution in [0.5, 0.6) is 0 Å². The number of nitrogens with zero attached hydrogens (tertiary/aromatic N) is 1. The Morgan fingerprint density at radius 1 is 1.50 bits per heavy atom. The van der Waals surface area contributed by atoms with Crippen LogP contribution in [0.4, 0.5) is 0 Å². The standard InChI is InChI=1S/C12H10BrCl2N/c1-2-4-8(7-16)11(14)9-5-3-6-10(13)12(9)15/h3,5-6H,2,4H2,1H3/b11-8-. The fourth-order valence-corrected chi connectivity index (χ4v) is 2.23. The molecule has 0 saturated heterocycles. The second-order valence-corrected chi connectivity index (χ2v) is 4.87. The lowest BCUT2D eigenvalue weighted by Gasteiger charge is -2.06. The zero-order valence-electron chi connectivity index (χ0n) is 8.73. The van der Waals surface area contributed by atoms with E-state index in [1.807, 2.05) is 25.1 Å². The molecule has 1 rings (SSSR count). The maximum absolute atomic E-state index is 9.00. The highest BCUT2D eigenvalue weighted by atomic mass is 79.9. The summed E-state index contributed by atoms with van der Waals surface area (Å²) < 4.78 is 0.776. The van der Waals surface area contributed by atoms with Gasteiger partial charge in [-0.15, -0.1) is 0 Å². The van der Waals surface area contributed by atoms with E-state index in [2.05, 4.69) is 22.0 Å². The Kier molecular flexibility index (Phi) is 5.34. The molecule has 0 aliphatic heterocycles. The number of nitriles is 1. The highest BCUT2D eigenvalue weighted by molar-refractivity contribution is 9.10. The van der Waals surface area contributed by atoms with Crippen LogP contribution in [0.3, 0.4) is 0 Å². The number of halogens is 3. The fourth-order valence-electron chi connectivity index (χ4n) is 1.30. The molecule has 16 heavy (non-hydrogen) atoms. The predicted octanol–water partition coefficient (Wildman–Crippen LogP) is 5.38. The SMILES string of the molecule is CCC/C(C#N)=C(/Cl)c1cccc(Br)c1Cl. The average Bonchev–Trinajstić information content (AvgIpc) is 2.29. The van der Waals surface area contributed by atoms with Crippen LogP contribution in [0.2, 0.25) is 5.02 Å². The van der Waals surface area contributed by atoms with E-state index in [-0.39, 0.29) is 0 Å². The fraction of sp³-hybridized carbons (Fsp3) is 0.250. The Balaban J connectivity index is 3.28. The van der Waals surface area contributed by atoms with Crippen LogP contribution in [0, 0.1) is 11.3 Å². The molecule has 0 atom stereocenters. The zero-order chi connectivity index (χ0) is 12.1. The molecule has 0 saturated carbocycles. The van der Waals surface area contributed by atoms with Gasteiger partial charge in [-0.1, -0.05) is 48.7 Å². The van der Waals surface area contributed by atoms with Crippen molar-refractivity contribution in [2.45, 2.75) is 19.8 Å². The number of allylic oxidation sites excluding steroid dienone is 1. The first kappa shape index (κ1) is 13.6. The first-order valence-electron chi connectivity index (χ1n) is 4.85. The van der Waals surface area contributed by atoms with Crippen molar-refractivity contribution >= 4 is 44.2 Å². The summed E-state index contributed by atoms with van der Waals surface area (Å²) in [6, 6.07) is 7.61. The normalized spacial score (nSPS) is 11.9. The Morgan fingerprint density at radius 3 is 2.75 bits per heavy atom. The van der Waals surface area contributed by atoms with Crippen molar-refractivity contribution in [2.24, 2.45) is 0 Å². The van der Waals surface area contributed by atoms with Gasteiger partial charge in [-0.2, -0.15) is 5.26 Å². The molecule has 0 unspecified atom stereocenters. The van der Waals surface area contributed by atoms with E-state index in [1.165, 1.54) is 0 Å². The van der Waals surface area contributed by atoms with Gasteiger partial charge < -0.3 is 0 Å². The van der Waals surface area contributed by atoms with Crippen LogP contribution < -0.4 is 0 Å². The number of rotatable bonds is 3. The average molecular weight is 319 g/mol. The number of benzene rings is 1. The van der Waals surface area contributed by atoms with Gasteiger partial charge in [-0.3, -0.25) is 0 Å². The molecule has 0 spiro atoms. The predicted molar refractivity (Wildman–Crippen MR) is 72.4 cm³/mol. The summed E-state index contributed by atoms with van der Waals surface area (Å²) in [5.41, 5.74) is 1.27. The summed E-state index contributed by atoms with van der Waals surface area (Å²) >= 11 is 15.6. The van der Waals surface area contributed by atoms with Crippen molar-refractivity contribution in [1.82, 2.24) is 0 Å². The molecule has 0 N–H and O–H groups in total. The second-order valence-electron chi connectivity index (χ2n) is 3.26. The minimum absolute atomic E-state index is 0.440. The Morgan fingerprint density at radius 2 is 2.19 bits per heavy atom. The van der Waals surface area contributed by atoms with Crippen LogP contribution in [0.1, 0.15) is 25.3 Å². The third kappa shape index (κ3) is 3.01. The van der Waals surface area contributed by atoms with Crippen LogP contribution in [0.15, 0.2) is 28.2 Å². The van der Waals surface area contributed by atoms with E-state index >= 15 is 0 Å². The maximum atomic E-state index is 9.00. The maximum Gasteiger partial charge on any atom is 0.0962 e. The number of hydrogen-bond donors (Lipinski definition) is 0. The van der Waals surface area contributed by atoms with Crippen LogP contribution in [0.25, 0.3) is 5.03 Å². The molecule has 1 nitrogen and oxygen atoms in total. The van der Waals surface area contributed by atoms with Crippen LogP contribution >= 0.6 is 39.1 Å². The molecule has 0 aliphatic carbocycles. The lowest BCUT2D eigenvalue weighted by atomic mass is 10.1. The van der Waals surface area contributed by atoms with Gasteiger partial charge in [0, 0.05) is 15.6 Å². The summed E-state index contributed by atoms with van der Waals surface area (Å²) in [7, 11) is 0. The Hall–Kier alpha value is -0.490. The number of hydrogen-bond acceptors (Lipinski definition) is 1. The van der Waals surface area contributed by atoms with E-state index < -0.39 is 0 Å². The smallest absolute Gasteiger partial charge is 0.0962 e. The summed E-state index contributed by atoms with van der Waals surface area (Å²) in [4.78, 5) is 0. The van der Waals surface area contributed by atoms with E-state index in [1.54, 1.807) is 0 Å². The van der Waals surface area contributed by atoms with Gasteiger partial charge in [0.2, 0.25) is 0 Å². The van der Waals surface area contributed by atoms with Crippen molar-refractivity contribution in [2.75, 3.05) is 0 Å². The van der Waals surface area contributed by atoms with Gasteiger partial charge in [0.05, 0.1) is 16.1 Å². The van der Waals surface area contributed by atoms with Crippen LogP contribution in [-0.2, 0) is 0 Å². The van der Waals surface area contributed by atoms with Crippen LogP contribution in [-0.4, -0.2) is 0 Å². The second kappa shape index (κ2) is 6.30. The molecule has 84 valence electrons. The van der Waals surface area contributed by atoms with Crippen molar-refractivity contribution in [1.29, 1.82) is 5.26 Å². The molecule has 0 aromatic heterocycles. The molecule has 0 heterocycles. The largest absolute Gasteiger partial charge is 0.193 e. The minimum atomic E-state index is 0.440. The molecule has 4 heteroatoms. The highest BCUT2D eigenvalue weighted by Crippen LogP contribution is 2.35. The molecule has 0 fully saturated rings. The topological polar surface area (TPSA) is 23.8 Å². The monoisotopic (exact) mass is 317 g/mol. The lowest BCUT2D eigenvalue weighted by molar-refractivity contribution is 0.933. The molecule has 1 aromatic carbocycles. The summed E-state index contributed by atoms with van der Waals surface area (Å²) in [5.74, 6) is 0. The minimum Gasteiger partial charge on any atom is -0.193 e. The highest BCUT2D eigenvalue weighted by Gasteiger charge is 2.11. The molecular weight excluding hydrogens is 309 g/mol. The lowest BCUT2D eigenvalue weighted by Crippen LogP contribution is -1.87. The summed E-state index contributed by atoms with van der Waals surface area (Å²) in [6.45, 7) is 2.00. The van der Waals surface area contributed by atoms with Gasteiger partial charge in [-0.25, -0.2) is 0 Å². The molecule has 0 bridgehead atoms. The first-order valence-corrected chi connectivity index (χ1v) is 6.39. The molecule has 0 amide bonds. The van der Waals surface area contributed by atoms with E-state index in [0.717, 1.165) is 10.9 Å². The van der Waals surface area contributed by atoms with Gasteiger partial charge in [0.1, 0.15) is 0 Å². The molecule has 1 aromatic rings. The zero-order valence-corrected chi connectivity index (χ0v) is 11.8. The van der Waals surface area contributed by atoms with Gasteiger partial charge in [0.15, 0.2) is 0 Å². The quantitative estimate of drug-likeness (QED) is 0.687. The van der Waals surface area contributed by atoms with Gasteiger partial charge >= 0.3 is 0 Å². The first-order chi connectivity index (χ1) is 7.61.